The molecule has 0 bridgehead atoms. The number of rotatable bonds is 2. The molecule has 2 heterocycles. The normalized spacial score (nSPS) is 18.2. The van der Waals surface area contributed by atoms with Gasteiger partial charge in [0.25, 0.3) is 5.56 Å². The van der Waals surface area contributed by atoms with Crippen molar-refractivity contribution in [2.75, 3.05) is 0 Å². The Morgan fingerprint density at radius 3 is 3.00 bits per heavy atom. The van der Waals surface area contributed by atoms with Crippen LogP contribution in [0, 0.1) is 0 Å². The molecule has 5 nitrogen and oxygen atoms in total. The summed E-state index contributed by atoms with van der Waals surface area (Å²) in [5, 5.41) is 9.10. The fraction of sp³-hybridized carbons (Fsp3) is 0.154. The van der Waals surface area contributed by atoms with Gasteiger partial charge in [0.1, 0.15) is 16.2 Å². The van der Waals surface area contributed by atoms with E-state index in [1.54, 1.807) is 11.6 Å². The van der Waals surface area contributed by atoms with Gasteiger partial charge < -0.3 is 5.11 Å². The monoisotopic (exact) mass is 292 g/mol. The number of thiazole rings is 1. The number of aromatic nitrogens is 2. The molecule has 1 aliphatic rings. The maximum atomic E-state index is 13.0. The van der Waals surface area contributed by atoms with Crippen LogP contribution in [0.25, 0.3) is 10.3 Å². The van der Waals surface area contributed by atoms with Gasteiger partial charge in [-0.2, -0.15) is 0 Å². The molecule has 0 amide bonds. The minimum atomic E-state index is -1.29. The molecule has 0 radical (unpaired) electrons. The van der Waals surface area contributed by atoms with E-state index in [2.05, 4.69) is 4.98 Å². The smallest absolute Gasteiger partial charge is 0.341 e. The van der Waals surface area contributed by atoms with Gasteiger partial charge in [-0.1, -0.05) is 6.08 Å². The molecule has 1 atom stereocenters. The van der Waals surface area contributed by atoms with Gasteiger partial charge in [-0.25, -0.2) is 14.2 Å². The Morgan fingerprint density at radius 2 is 2.35 bits per heavy atom. The molecule has 0 saturated heterocycles. The van der Waals surface area contributed by atoms with Crippen LogP contribution in [0.3, 0.4) is 0 Å². The van der Waals surface area contributed by atoms with Gasteiger partial charge in [0.05, 0.1) is 17.1 Å². The average Bonchev–Trinajstić information content (AvgIpc) is 2.87. The van der Waals surface area contributed by atoms with Gasteiger partial charge in [-0.05, 0) is 24.6 Å². The summed E-state index contributed by atoms with van der Waals surface area (Å²) in [5.74, 6) is -1.65. The first-order chi connectivity index (χ1) is 9.58. The molecule has 1 N–H and O–H groups in total. The summed E-state index contributed by atoms with van der Waals surface area (Å²) in [4.78, 5) is 28.1. The molecule has 7 heteroatoms. The van der Waals surface area contributed by atoms with Crippen molar-refractivity contribution < 1.29 is 14.3 Å². The molecule has 0 aromatic carbocycles. The quantitative estimate of drug-likeness (QED) is 0.923. The maximum absolute atomic E-state index is 13.0. The first-order valence-corrected chi connectivity index (χ1v) is 6.72. The van der Waals surface area contributed by atoms with E-state index in [0.717, 1.165) is 0 Å². The second-order valence-corrected chi connectivity index (χ2v) is 5.17. The zero-order valence-corrected chi connectivity index (χ0v) is 10.9. The van der Waals surface area contributed by atoms with E-state index in [-0.39, 0.29) is 11.4 Å². The number of fused-ring (bicyclic) bond motifs is 1. The van der Waals surface area contributed by atoms with Crippen molar-refractivity contribution in [2.24, 2.45) is 0 Å². The van der Waals surface area contributed by atoms with Crippen LogP contribution < -0.4 is 5.56 Å². The first-order valence-electron chi connectivity index (χ1n) is 5.84. The third-order valence-electron chi connectivity index (χ3n) is 3.12. The largest absolute Gasteiger partial charge is 0.477 e. The number of hydrogen-bond acceptors (Lipinski definition) is 4. The molecule has 102 valence electrons. The van der Waals surface area contributed by atoms with Crippen molar-refractivity contribution in [3.63, 3.8) is 0 Å². The number of carboxylic acids is 1. The van der Waals surface area contributed by atoms with Crippen LogP contribution in [-0.2, 0) is 0 Å². The minimum absolute atomic E-state index is 0.304. The topological polar surface area (TPSA) is 72.2 Å². The molecule has 0 aliphatic heterocycles. The van der Waals surface area contributed by atoms with Gasteiger partial charge in [0, 0.05) is 0 Å². The third-order valence-corrected chi connectivity index (χ3v) is 3.96. The van der Waals surface area contributed by atoms with Gasteiger partial charge in [-0.15, -0.1) is 11.3 Å². The zero-order chi connectivity index (χ0) is 14.3. The number of aromatic carboxylic acids is 1. The lowest BCUT2D eigenvalue weighted by Crippen LogP contribution is -2.29. The first kappa shape index (κ1) is 12.7. The summed E-state index contributed by atoms with van der Waals surface area (Å²) in [7, 11) is 0. The number of hydrogen-bond donors (Lipinski definition) is 1. The van der Waals surface area contributed by atoms with Crippen LogP contribution in [0.5, 0.6) is 0 Å². The molecule has 0 fully saturated rings. The summed E-state index contributed by atoms with van der Waals surface area (Å²) in [6.07, 6.45) is 4.51. The maximum Gasteiger partial charge on any atom is 0.341 e. The predicted molar refractivity (Wildman–Crippen MR) is 72.8 cm³/mol. The van der Waals surface area contributed by atoms with E-state index in [0.29, 0.717) is 16.8 Å². The number of halogens is 1. The van der Waals surface area contributed by atoms with E-state index in [1.165, 1.54) is 34.1 Å². The fourth-order valence-electron chi connectivity index (χ4n) is 2.18. The molecule has 2 aromatic heterocycles. The highest BCUT2D eigenvalue weighted by atomic mass is 32.1. The summed E-state index contributed by atoms with van der Waals surface area (Å²) in [5.41, 5.74) is 1.08. The van der Waals surface area contributed by atoms with Crippen molar-refractivity contribution in [2.45, 2.75) is 12.5 Å². The van der Waals surface area contributed by atoms with Crippen molar-refractivity contribution in [1.82, 2.24) is 9.55 Å². The van der Waals surface area contributed by atoms with Gasteiger partial charge >= 0.3 is 5.97 Å². The van der Waals surface area contributed by atoms with Crippen molar-refractivity contribution in [1.29, 1.82) is 0 Å². The second kappa shape index (κ2) is 4.68. The predicted octanol–water partition coefficient (Wildman–Crippen LogP) is 2.51. The van der Waals surface area contributed by atoms with Crippen molar-refractivity contribution >= 4 is 27.7 Å². The molecular formula is C13H9FN2O3S. The average molecular weight is 292 g/mol. The van der Waals surface area contributed by atoms with E-state index in [4.69, 9.17) is 5.11 Å². The van der Waals surface area contributed by atoms with E-state index < -0.39 is 17.6 Å². The summed E-state index contributed by atoms with van der Waals surface area (Å²) in [6.45, 7) is 0. The van der Waals surface area contributed by atoms with Gasteiger partial charge in [0.15, 0.2) is 0 Å². The summed E-state index contributed by atoms with van der Waals surface area (Å²) >= 11 is 1.25. The van der Waals surface area contributed by atoms with Crippen molar-refractivity contribution in [3.8, 4) is 0 Å². The van der Waals surface area contributed by atoms with E-state index in [1.807, 2.05) is 0 Å². The lowest BCUT2D eigenvalue weighted by atomic mass is 10.1. The SMILES string of the molecule is O=C(O)c1cc2ncsc2n(C2C=CC(F)=CC2)c1=O. The van der Waals surface area contributed by atoms with Crippen LogP contribution in [0.4, 0.5) is 4.39 Å². The lowest BCUT2D eigenvalue weighted by Gasteiger charge is -2.18. The van der Waals surface area contributed by atoms with E-state index >= 15 is 0 Å². The van der Waals surface area contributed by atoms with Crippen LogP contribution in [0.2, 0.25) is 0 Å². The number of pyridine rings is 1. The summed E-state index contributed by atoms with van der Waals surface area (Å²) < 4.78 is 14.4. The standard InChI is InChI=1S/C13H9FN2O3S/c14-7-1-3-8(4-2-7)16-11(17)9(13(18)19)5-10-12(16)20-6-15-10/h1-3,5-6,8H,4H2,(H,18,19). The van der Waals surface area contributed by atoms with Crippen LogP contribution in [-0.4, -0.2) is 20.6 Å². The Kier molecular flexibility index (Phi) is 2.98. The van der Waals surface area contributed by atoms with Gasteiger partial charge in [-0.3, -0.25) is 9.36 Å². The number of carbonyl (C=O) groups is 1. The highest BCUT2D eigenvalue weighted by Crippen LogP contribution is 2.26. The fourth-order valence-corrected chi connectivity index (χ4v) is 3.01. The zero-order valence-electron chi connectivity index (χ0n) is 10.1. The Bertz CT molecular complexity index is 819. The number of nitrogens with zero attached hydrogens (tertiary/aromatic N) is 2. The highest BCUT2D eigenvalue weighted by molar-refractivity contribution is 7.16. The highest BCUT2D eigenvalue weighted by Gasteiger charge is 2.21. The number of carboxylic acid groups (broad SMARTS) is 1. The molecule has 3 rings (SSSR count). The second-order valence-electron chi connectivity index (χ2n) is 4.33. The Labute approximate surface area is 116 Å². The Balaban J connectivity index is 2.26. The van der Waals surface area contributed by atoms with Crippen molar-refractivity contribution in [3.05, 3.63) is 51.5 Å². The van der Waals surface area contributed by atoms with E-state index in [9.17, 15) is 14.0 Å². The number of allylic oxidation sites excluding steroid dienone is 4. The van der Waals surface area contributed by atoms with Crippen LogP contribution >= 0.6 is 11.3 Å². The van der Waals surface area contributed by atoms with Gasteiger partial charge in [0.2, 0.25) is 0 Å². The molecule has 20 heavy (non-hydrogen) atoms. The van der Waals surface area contributed by atoms with Crippen LogP contribution in [0.15, 0.2) is 40.4 Å². The molecule has 0 spiro atoms. The Hall–Kier alpha value is -2.28. The molecule has 2 aromatic rings. The molecule has 1 aliphatic carbocycles. The minimum Gasteiger partial charge on any atom is -0.477 e. The Morgan fingerprint density at radius 1 is 1.55 bits per heavy atom. The molecule has 0 saturated carbocycles. The summed E-state index contributed by atoms with van der Waals surface area (Å²) in [6, 6.07) is 0.875. The van der Waals surface area contributed by atoms with Crippen LogP contribution in [0.1, 0.15) is 22.8 Å². The molecular weight excluding hydrogens is 283 g/mol. The molecule has 1 unspecified atom stereocenters. The lowest BCUT2D eigenvalue weighted by molar-refractivity contribution is 0.0694. The third kappa shape index (κ3) is 1.96.